The minimum absolute atomic E-state index is 0.0450. The van der Waals surface area contributed by atoms with Crippen molar-refractivity contribution in [3.05, 3.63) is 38.6 Å². The number of rotatable bonds is 4. The Balaban J connectivity index is 2.41. The van der Waals surface area contributed by atoms with Crippen LogP contribution in [0.3, 0.4) is 0 Å². The van der Waals surface area contributed by atoms with Crippen molar-refractivity contribution in [3.8, 4) is 11.8 Å². The van der Waals surface area contributed by atoms with E-state index in [0.717, 1.165) is 0 Å². The van der Waals surface area contributed by atoms with Crippen LogP contribution in [-0.2, 0) is 0 Å². The molecular formula is C11H9Cl2N5O3. The maximum Gasteiger partial charge on any atom is 0.328 e. The Labute approximate surface area is 129 Å². The largest absolute Gasteiger partial charge is 0.417 e. The second-order valence-electron chi connectivity index (χ2n) is 4.05. The molecule has 8 nitrogen and oxygen atoms in total. The number of nitro groups is 1. The van der Waals surface area contributed by atoms with E-state index in [0.29, 0.717) is 0 Å². The van der Waals surface area contributed by atoms with Crippen molar-refractivity contribution in [2.45, 2.75) is 0 Å². The fourth-order valence-corrected chi connectivity index (χ4v) is 1.70. The van der Waals surface area contributed by atoms with Crippen LogP contribution in [0.1, 0.15) is 0 Å². The summed E-state index contributed by atoms with van der Waals surface area (Å²) < 4.78 is 5.32. The third kappa shape index (κ3) is 3.67. The van der Waals surface area contributed by atoms with E-state index in [4.69, 9.17) is 27.9 Å². The normalized spacial score (nSPS) is 10.3. The first kappa shape index (κ1) is 15.2. The molecule has 1 heterocycles. The average Bonchev–Trinajstić information content (AvgIpc) is 2.40. The van der Waals surface area contributed by atoms with Crippen LogP contribution in [0.15, 0.2) is 18.2 Å². The lowest BCUT2D eigenvalue weighted by atomic mass is 10.3. The van der Waals surface area contributed by atoms with Gasteiger partial charge in [-0.15, -0.1) is 0 Å². The lowest BCUT2D eigenvalue weighted by Gasteiger charge is -2.11. The molecule has 0 aliphatic rings. The van der Waals surface area contributed by atoms with E-state index in [2.05, 4.69) is 15.0 Å². The van der Waals surface area contributed by atoms with Gasteiger partial charge in [-0.1, -0.05) is 11.6 Å². The summed E-state index contributed by atoms with van der Waals surface area (Å²) >= 11 is 11.5. The highest BCUT2D eigenvalue weighted by Gasteiger charge is 2.18. The Bertz CT molecular complexity index is 696. The number of anilines is 1. The molecule has 0 N–H and O–H groups in total. The minimum Gasteiger partial charge on any atom is -0.417 e. The molecule has 1 aromatic heterocycles. The van der Waals surface area contributed by atoms with Crippen LogP contribution >= 0.6 is 23.2 Å². The number of aromatic nitrogens is 3. The summed E-state index contributed by atoms with van der Waals surface area (Å²) in [5.41, 5.74) is -0.301. The third-order valence-electron chi connectivity index (χ3n) is 2.29. The molecule has 0 saturated carbocycles. The van der Waals surface area contributed by atoms with Gasteiger partial charge in [0, 0.05) is 25.2 Å². The van der Waals surface area contributed by atoms with Crippen molar-refractivity contribution < 1.29 is 9.66 Å². The van der Waals surface area contributed by atoms with Crippen molar-refractivity contribution in [2.75, 3.05) is 19.0 Å². The van der Waals surface area contributed by atoms with E-state index < -0.39 is 4.92 Å². The van der Waals surface area contributed by atoms with E-state index in [9.17, 15) is 10.1 Å². The van der Waals surface area contributed by atoms with Crippen LogP contribution in [0, 0.1) is 10.1 Å². The van der Waals surface area contributed by atoms with Gasteiger partial charge in [0.25, 0.3) is 0 Å². The first-order valence-electron chi connectivity index (χ1n) is 5.57. The fourth-order valence-electron chi connectivity index (χ4n) is 1.39. The van der Waals surface area contributed by atoms with Crippen LogP contribution in [0.4, 0.5) is 11.6 Å². The van der Waals surface area contributed by atoms with Crippen LogP contribution in [0.5, 0.6) is 11.8 Å². The van der Waals surface area contributed by atoms with E-state index in [-0.39, 0.29) is 33.7 Å². The second kappa shape index (κ2) is 6.06. The number of nitrogens with zero attached hydrogens (tertiary/aromatic N) is 5. The Morgan fingerprint density at radius 3 is 2.57 bits per heavy atom. The van der Waals surface area contributed by atoms with Crippen molar-refractivity contribution in [3.63, 3.8) is 0 Å². The quantitative estimate of drug-likeness (QED) is 0.628. The van der Waals surface area contributed by atoms with Crippen LogP contribution in [-0.4, -0.2) is 34.0 Å². The van der Waals surface area contributed by atoms with Crippen molar-refractivity contribution >= 4 is 34.8 Å². The van der Waals surface area contributed by atoms with Gasteiger partial charge in [-0.25, -0.2) is 0 Å². The summed E-state index contributed by atoms with van der Waals surface area (Å²) in [7, 11) is 3.42. The molecule has 0 spiro atoms. The zero-order valence-corrected chi connectivity index (χ0v) is 12.5. The molecule has 0 fully saturated rings. The summed E-state index contributed by atoms with van der Waals surface area (Å²) in [5.74, 6) is 0.220. The zero-order chi connectivity index (χ0) is 15.6. The summed E-state index contributed by atoms with van der Waals surface area (Å²) in [6.07, 6.45) is 0. The molecule has 0 aliphatic carbocycles. The Morgan fingerprint density at radius 1 is 1.24 bits per heavy atom. The van der Waals surface area contributed by atoms with Crippen LogP contribution in [0.2, 0.25) is 10.3 Å². The lowest BCUT2D eigenvalue weighted by Crippen LogP contribution is -2.13. The number of halogens is 2. The highest BCUT2D eigenvalue weighted by molar-refractivity contribution is 6.30. The van der Waals surface area contributed by atoms with Gasteiger partial charge in [-0.2, -0.15) is 15.0 Å². The molecule has 1 aromatic carbocycles. The monoisotopic (exact) mass is 329 g/mol. The average molecular weight is 330 g/mol. The lowest BCUT2D eigenvalue weighted by molar-refractivity contribution is -0.385. The SMILES string of the molecule is CN(C)c1nc(Cl)nc(Oc2ccc(Cl)cc2[N+](=O)[O-])n1. The topological polar surface area (TPSA) is 94.3 Å². The molecular weight excluding hydrogens is 321 g/mol. The molecule has 0 amide bonds. The molecule has 0 unspecified atom stereocenters. The third-order valence-corrected chi connectivity index (χ3v) is 2.70. The molecule has 0 bridgehead atoms. The number of hydrogen-bond acceptors (Lipinski definition) is 7. The molecule has 2 aromatic rings. The second-order valence-corrected chi connectivity index (χ2v) is 4.83. The molecule has 2 rings (SSSR count). The van der Waals surface area contributed by atoms with Gasteiger partial charge in [0.1, 0.15) is 0 Å². The predicted octanol–water partition coefficient (Wildman–Crippen LogP) is 2.94. The first-order valence-corrected chi connectivity index (χ1v) is 6.33. The van der Waals surface area contributed by atoms with Crippen molar-refractivity contribution in [1.82, 2.24) is 15.0 Å². The maximum absolute atomic E-state index is 11.0. The maximum atomic E-state index is 11.0. The standard InChI is InChI=1S/C11H9Cl2N5O3/c1-17(2)10-14-9(13)15-11(16-10)21-8-4-3-6(12)5-7(8)18(19)20/h3-5H,1-2H3. The van der Waals surface area contributed by atoms with Crippen molar-refractivity contribution in [2.24, 2.45) is 0 Å². The number of nitro benzene ring substituents is 1. The van der Waals surface area contributed by atoms with Crippen LogP contribution < -0.4 is 9.64 Å². The van der Waals surface area contributed by atoms with E-state index in [1.165, 1.54) is 18.2 Å². The molecule has 10 heteroatoms. The highest BCUT2D eigenvalue weighted by atomic mass is 35.5. The smallest absolute Gasteiger partial charge is 0.328 e. The van der Waals surface area contributed by atoms with Crippen LogP contribution in [0.25, 0.3) is 0 Å². The number of benzene rings is 1. The Kier molecular flexibility index (Phi) is 4.39. The number of hydrogen-bond donors (Lipinski definition) is 0. The molecule has 0 saturated heterocycles. The highest BCUT2D eigenvalue weighted by Crippen LogP contribution is 2.32. The van der Waals surface area contributed by atoms with Gasteiger partial charge in [-0.3, -0.25) is 10.1 Å². The van der Waals surface area contributed by atoms with Gasteiger partial charge in [0.2, 0.25) is 17.0 Å². The first-order chi connectivity index (χ1) is 9.86. The van der Waals surface area contributed by atoms with Gasteiger partial charge in [0.15, 0.2) is 0 Å². The van der Waals surface area contributed by atoms with Gasteiger partial charge >= 0.3 is 11.7 Å². The van der Waals surface area contributed by atoms with Crippen molar-refractivity contribution in [1.29, 1.82) is 0 Å². The zero-order valence-electron chi connectivity index (χ0n) is 10.9. The number of ether oxygens (including phenoxy) is 1. The molecule has 0 radical (unpaired) electrons. The van der Waals surface area contributed by atoms with E-state index in [1.54, 1.807) is 19.0 Å². The van der Waals surface area contributed by atoms with Gasteiger partial charge < -0.3 is 9.64 Å². The minimum atomic E-state index is -0.614. The molecule has 21 heavy (non-hydrogen) atoms. The summed E-state index contributed by atoms with van der Waals surface area (Å²) in [4.78, 5) is 23.6. The van der Waals surface area contributed by atoms with Gasteiger partial charge in [0.05, 0.1) is 4.92 Å². The molecule has 0 aliphatic heterocycles. The summed E-state index contributed by atoms with van der Waals surface area (Å²) in [6.45, 7) is 0. The van der Waals surface area contributed by atoms with E-state index in [1.807, 2.05) is 0 Å². The Morgan fingerprint density at radius 2 is 1.95 bits per heavy atom. The molecule has 110 valence electrons. The predicted molar refractivity (Wildman–Crippen MR) is 77.3 cm³/mol. The van der Waals surface area contributed by atoms with Gasteiger partial charge in [-0.05, 0) is 23.7 Å². The summed E-state index contributed by atoms with van der Waals surface area (Å²) in [5, 5.41) is 11.1. The summed E-state index contributed by atoms with van der Waals surface area (Å²) in [6, 6.07) is 3.84. The molecule has 0 atom stereocenters. The van der Waals surface area contributed by atoms with E-state index >= 15 is 0 Å². The Hall–Kier alpha value is -2.19. The fraction of sp³-hybridized carbons (Fsp3) is 0.182.